The zero-order valence-electron chi connectivity index (χ0n) is 10.2. The van der Waals surface area contributed by atoms with Crippen molar-refractivity contribution in [2.75, 3.05) is 0 Å². The minimum absolute atomic E-state index is 0.110. The molecule has 0 fully saturated rings. The molecule has 0 radical (unpaired) electrons. The van der Waals surface area contributed by atoms with Crippen LogP contribution >= 0.6 is 11.6 Å². The number of nitrogens with zero attached hydrogens (tertiary/aromatic N) is 1. The summed E-state index contributed by atoms with van der Waals surface area (Å²) in [5, 5.41) is 18.0. The molecule has 3 nitrogen and oxygen atoms in total. The van der Waals surface area contributed by atoms with E-state index in [0.717, 1.165) is 18.9 Å². The van der Waals surface area contributed by atoms with Crippen LogP contribution in [0.1, 0.15) is 26.2 Å². The van der Waals surface area contributed by atoms with Gasteiger partial charge in [0, 0.05) is 12.0 Å². The van der Waals surface area contributed by atoms with E-state index in [1.807, 2.05) is 6.07 Å². The summed E-state index contributed by atoms with van der Waals surface area (Å²) in [5.41, 5.74) is -0.256. The summed E-state index contributed by atoms with van der Waals surface area (Å²) in [7, 11) is -1.78. The van der Waals surface area contributed by atoms with Crippen LogP contribution in [0.3, 0.4) is 0 Å². The Kier molecular flexibility index (Phi) is 6.89. The van der Waals surface area contributed by atoms with E-state index in [4.69, 9.17) is 16.9 Å². The summed E-state index contributed by atoms with van der Waals surface area (Å²) in [6.07, 6.45) is 1.20. The molecule has 0 aliphatic carbocycles. The molecule has 1 N–H and O–H groups in total. The Hall–Kier alpha value is -0.373. The highest BCUT2D eigenvalue weighted by molar-refractivity contribution is 6.79. The van der Waals surface area contributed by atoms with E-state index in [9.17, 15) is 9.90 Å². The fourth-order valence-electron chi connectivity index (χ4n) is 1.90. The van der Waals surface area contributed by atoms with Gasteiger partial charge in [0.2, 0.25) is 5.24 Å². The molecule has 0 rings (SSSR count). The van der Waals surface area contributed by atoms with E-state index in [2.05, 4.69) is 20.0 Å². The SMILES string of the molecule is CCCC[Si](C)(C)C(CC(=O)Cl)C(O)C#N. The number of halogens is 1. The number of carbonyl (C=O) groups is 1. The first-order valence-corrected chi connectivity index (χ1v) is 9.27. The zero-order valence-corrected chi connectivity index (χ0v) is 11.9. The van der Waals surface area contributed by atoms with Crippen LogP contribution in [0.2, 0.25) is 24.7 Å². The van der Waals surface area contributed by atoms with Gasteiger partial charge >= 0.3 is 0 Å². The number of carbonyl (C=O) groups excluding carboxylic acids is 1. The van der Waals surface area contributed by atoms with Crippen LogP contribution < -0.4 is 0 Å². The van der Waals surface area contributed by atoms with Crippen molar-refractivity contribution in [3.63, 3.8) is 0 Å². The predicted molar refractivity (Wildman–Crippen MR) is 68.0 cm³/mol. The molecular formula is C11H20ClNO2Si. The Bertz CT molecular complexity index is 276. The summed E-state index contributed by atoms with van der Waals surface area (Å²) >= 11 is 5.38. The molecule has 0 aromatic rings. The molecule has 0 saturated carbocycles. The highest BCUT2D eigenvalue weighted by atomic mass is 35.5. The maximum Gasteiger partial charge on any atom is 0.221 e. The van der Waals surface area contributed by atoms with Gasteiger partial charge in [0.25, 0.3) is 0 Å². The fraction of sp³-hybridized carbons (Fsp3) is 0.818. The lowest BCUT2D eigenvalue weighted by atomic mass is 10.2. The monoisotopic (exact) mass is 261 g/mol. The molecule has 0 bridgehead atoms. The molecule has 0 aromatic carbocycles. The van der Waals surface area contributed by atoms with Crippen molar-refractivity contribution in [3.05, 3.63) is 0 Å². The van der Waals surface area contributed by atoms with Gasteiger partial charge in [-0.15, -0.1) is 0 Å². The van der Waals surface area contributed by atoms with E-state index >= 15 is 0 Å². The second-order valence-corrected chi connectivity index (χ2v) is 10.5. The van der Waals surface area contributed by atoms with Gasteiger partial charge in [-0.3, -0.25) is 4.79 Å². The summed E-state index contributed by atoms with van der Waals surface area (Å²) in [4.78, 5) is 11.0. The topological polar surface area (TPSA) is 61.1 Å². The van der Waals surface area contributed by atoms with Crippen molar-refractivity contribution in [2.45, 2.75) is 57.0 Å². The third-order valence-corrected chi connectivity index (χ3v) is 7.40. The smallest absolute Gasteiger partial charge is 0.221 e. The maximum atomic E-state index is 11.0. The van der Waals surface area contributed by atoms with Crippen LogP contribution in [0.15, 0.2) is 0 Å². The molecule has 2 unspecified atom stereocenters. The van der Waals surface area contributed by atoms with E-state index in [-0.39, 0.29) is 12.0 Å². The van der Waals surface area contributed by atoms with Gasteiger partial charge in [0.15, 0.2) is 0 Å². The number of hydrogen-bond acceptors (Lipinski definition) is 3. The van der Waals surface area contributed by atoms with Crippen LogP contribution in [-0.2, 0) is 4.79 Å². The first-order valence-electron chi connectivity index (χ1n) is 5.61. The molecule has 0 spiro atoms. The van der Waals surface area contributed by atoms with Gasteiger partial charge in [0.1, 0.15) is 6.10 Å². The lowest BCUT2D eigenvalue weighted by Crippen LogP contribution is -2.39. The Balaban J connectivity index is 4.72. The number of hydrogen-bond donors (Lipinski definition) is 1. The van der Waals surface area contributed by atoms with Crippen LogP contribution in [0.4, 0.5) is 0 Å². The highest BCUT2D eigenvalue weighted by Gasteiger charge is 2.37. The van der Waals surface area contributed by atoms with E-state index in [0.29, 0.717) is 0 Å². The van der Waals surface area contributed by atoms with Crippen molar-refractivity contribution >= 4 is 24.9 Å². The van der Waals surface area contributed by atoms with Gasteiger partial charge in [-0.1, -0.05) is 38.9 Å². The Morgan fingerprint density at radius 3 is 2.50 bits per heavy atom. The Labute approximate surface area is 103 Å². The average Bonchev–Trinajstić information content (AvgIpc) is 2.21. The lowest BCUT2D eigenvalue weighted by molar-refractivity contribution is -0.112. The largest absolute Gasteiger partial charge is 0.378 e. The molecule has 92 valence electrons. The third kappa shape index (κ3) is 5.11. The molecule has 0 amide bonds. The molecule has 5 heteroatoms. The fourth-order valence-corrected chi connectivity index (χ4v) is 5.49. The number of aliphatic hydroxyl groups excluding tert-OH is 1. The first-order chi connectivity index (χ1) is 7.35. The summed E-state index contributed by atoms with van der Waals surface area (Å²) in [5.74, 6) is 0. The quantitative estimate of drug-likeness (QED) is 0.435. The first kappa shape index (κ1) is 15.6. The maximum absolute atomic E-state index is 11.0. The van der Waals surface area contributed by atoms with E-state index in [1.54, 1.807) is 0 Å². The van der Waals surface area contributed by atoms with Crippen molar-refractivity contribution in [1.82, 2.24) is 0 Å². The number of unbranched alkanes of at least 4 members (excludes halogenated alkanes) is 1. The van der Waals surface area contributed by atoms with E-state index < -0.39 is 19.4 Å². The van der Waals surface area contributed by atoms with Crippen LogP contribution in [0, 0.1) is 11.3 Å². The predicted octanol–water partition coefficient (Wildman–Crippen LogP) is 2.91. The molecule has 0 aliphatic rings. The van der Waals surface area contributed by atoms with Crippen LogP contribution in [-0.4, -0.2) is 24.5 Å². The van der Waals surface area contributed by atoms with Crippen molar-refractivity contribution in [3.8, 4) is 6.07 Å². The van der Waals surface area contributed by atoms with Gasteiger partial charge in [0.05, 0.1) is 14.1 Å². The van der Waals surface area contributed by atoms with Gasteiger partial charge in [-0.25, -0.2) is 0 Å². The highest BCUT2D eigenvalue weighted by Crippen LogP contribution is 2.34. The second-order valence-electron chi connectivity index (χ2n) is 4.83. The molecule has 16 heavy (non-hydrogen) atoms. The Morgan fingerprint density at radius 1 is 1.56 bits per heavy atom. The molecular weight excluding hydrogens is 242 g/mol. The molecule has 0 aliphatic heterocycles. The number of rotatable bonds is 7. The van der Waals surface area contributed by atoms with Crippen LogP contribution in [0.5, 0.6) is 0 Å². The van der Waals surface area contributed by atoms with Crippen molar-refractivity contribution < 1.29 is 9.90 Å². The zero-order chi connectivity index (χ0) is 12.8. The Morgan fingerprint density at radius 2 is 2.12 bits per heavy atom. The van der Waals surface area contributed by atoms with Crippen molar-refractivity contribution in [1.29, 1.82) is 5.26 Å². The molecule has 0 aromatic heterocycles. The minimum Gasteiger partial charge on any atom is -0.378 e. The third-order valence-electron chi connectivity index (χ3n) is 3.07. The van der Waals surface area contributed by atoms with Crippen LogP contribution in [0.25, 0.3) is 0 Å². The number of aliphatic hydroxyl groups is 1. The summed E-state index contributed by atoms with van der Waals surface area (Å²) in [6, 6.07) is 2.84. The second kappa shape index (κ2) is 7.05. The normalized spacial score (nSPS) is 15.2. The molecule has 2 atom stereocenters. The summed E-state index contributed by atoms with van der Waals surface area (Å²) in [6.45, 7) is 6.31. The van der Waals surface area contributed by atoms with Gasteiger partial charge in [-0.05, 0) is 11.6 Å². The molecule has 0 heterocycles. The van der Waals surface area contributed by atoms with Crippen molar-refractivity contribution in [2.24, 2.45) is 0 Å². The van der Waals surface area contributed by atoms with E-state index in [1.165, 1.54) is 0 Å². The standard InChI is InChI=1S/C11H20ClNO2Si/c1-4-5-6-16(2,3)10(7-11(12)15)9(14)8-13/h9-10,14H,4-7H2,1-3H3. The van der Waals surface area contributed by atoms with Gasteiger partial charge in [-0.2, -0.15) is 5.26 Å². The lowest BCUT2D eigenvalue weighted by Gasteiger charge is -2.32. The summed E-state index contributed by atoms with van der Waals surface area (Å²) < 4.78 is 0. The van der Waals surface area contributed by atoms with Gasteiger partial charge < -0.3 is 5.11 Å². The molecule has 0 saturated heterocycles. The minimum atomic E-state index is -1.78. The number of nitriles is 1. The average molecular weight is 262 g/mol.